The van der Waals surface area contributed by atoms with Crippen LogP contribution in [0.5, 0.6) is 0 Å². The summed E-state index contributed by atoms with van der Waals surface area (Å²) in [5, 5.41) is 3.83. The molecule has 0 unspecified atom stereocenters. The maximum Gasteiger partial charge on any atom is 0.416 e. The minimum atomic E-state index is -4.51. The van der Waals surface area contributed by atoms with E-state index in [1.54, 1.807) is 34.5 Å². The van der Waals surface area contributed by atoms with Gasteiger partial charge >= 0.3 is 12.4 Å². The lowest BCUT2D eigenvalue weighted by Gasteiger charge is -2.31. The number of thiazole rings is 1. The summed E-state index contributed by atoms with van der Waals surface area (Å²) in [6.07, 6.45) is -7.88. The Kier molecular flexibility index (Phi) is 7.58. The zero-order valence-corrected chi connectivity index (χ0v) is 20.0. The number of hydrogen-bond acceptors (Lipinski definition) is 4. The van der Waals surface area contributed by atoms with Crippen LogP contribution in [0.2, 0.25) is 0 Å². The highest BCUT2D eigenvalue weighted by Gasteiger charge is 2.31. The number of benzene rings is 2. The number of nitrogens with zero attached hydrogens (tertiary/aromatic N) is 2. The second kappa shape index (κ2) is 10.5. The molecule has 37 heavy (non-hydrogen) atoms. The van der Waals surface area contributed by atoms with Crippen LogP contribution in [0.25, 0.3) is 11.1 Å². The van der Waals surface area contributed by atoms with Gasteiger partial charge in [0.25, 0.3) is 11.8 Å². The molecule has 2 aromatic carbocycles. The first-order valence-corrected chi connectivity index (χ1v) is 12.2. The summed E-state index contributed by atoms with van der Waals surface area (Å²) in [7, 11) is 0. The third-order valence-corrected chi connectivity index (χ3v) is 7.02. The van der Waals surface area contributed by atoms with Crippen molar-refractivity contribution in [3.8, 4) is 11.1 Å². The summed E-state index contributed by atoms with van der Waals surface area (Å²) >= 11 is 1.19. The van der Waals surface area contributed by atoms with Crippen molar-refractivity contribution < 1.29 is 35.9 Å². The van der Waals surface area contributed by atoms with Crippen LogP contribution in [0.3, 0.4) is 0 Å². The van der Waals surface area contributed by atoms with Gasteiger partial charge in [0.15, 0.2) is 0 Å². The van der Waals surface area contributed by atoms with Gasteiger partial charge in [-0.3, -0.25) is 9.59 Å². The molecule has 0 spiro atoms. The molecule has 0 radical (unpaired) electrons. The molecule has 1 fully saturated rings. The Morgan fingerprint density at radius 1 is 0.973 bits per heavy atom. The number of carbonyl (C=O) groups is 2. The molecule has 3 aromatic rings. The standard InChI is InChI=1S/C25H21F6N3O2S/c26-24(27,28)14-32-21(35)20-13-37-22(33-20)16-9-11-34(12-10-16)23(36)19-4-2-1-3-18(19)15-5-7-17(8-6-15)25(29,30)31/h1-8,13,16H,9-12,14H2,(H,32,35). The molecule has 0 aliphatic carbocycles. The summed E-state index contributed by atoms with van der Waals surface area (Å²) in [5.41, 5.74) is 0.542. The van der Waals surface area contributed by atoms with Gasteiger partial charge < -0.3 is 10.2 Å². The topological polar surface area (TPSA) is 62.3 Å². The lowest BCUT2D eigenvalue weighted by atomic mass is 9.94. The molecule has 0 saturated carbocycles. The van der Waals surface area contributed by atoms with Crippen molar-refractivity contribution >= 4 is 23.2 Å². The molecule has 2 heterocycles. The van der Waals surface area contributed by atoms with E-state index in [0.29, 0.717) is 47.6 Å². The molecule has 5 nitrogen and oxygen atoms in total. The van der Waals surface area contributed by atoms with Gasteiger partial charge in [0.2, 0.25) is 0 Å². The Bertz CT molecular complexity index is 1260. The normalized spacial score (nSPS) is 15.0. The first-order valence-electron chi connectivity index (χ1n) is 11.3. The van der Waals surface area contributed by atoms with E-state index in [-0.39, 0.29) is 17.5 Å². The molecule has 2 amide bonds. The molecule has 12 heteroatoms. The molecule has 1 aromatic heterocycles. The van der Waals surface area contributed by atoms with Crippen LogP contribution < -0.4 is 5.32 Å². The van der Waals surface area contributed by atoms with E-state index < -0.39 is 30.4 Å². The van der Waals surface area contributed by atoms with E-state index in [0.717, 1.165) is 12.1 Å². The van der Waals surface area contributed by atoms with Crippen molar-refractivity contribution in [1.29, 1.82) is 0 Å². The fourth-order valence-electron chi connectivity index (χ4n) is 4.11. The molecular weight excluding hydrogens is 520 g/mol. The van der Waals surface area contributed by atoms with Crippen molar-refractivity contribution in [1.82, 2.24) is 15.2 Å². The number of rotatable bonds is 5. The second-order valence-electron chi connectivity index (χ2n) is 8.56. The maximum absolute atomic E-state index is 13.3. The average Bonchev–Trinajstić information content (AvgIpc) is 3.37. The number of carbonyl (C=O) groups excluding carboxylic acids is 2. The molecule has 196 valence electrons. The zero-order valence-electron chi connectivity index (χ0n) is 19.2. The van der Waals surface area contributed by atoms with E-state index >= 15 is 0 Å². The SMILES string of the molecule is O=C(NCC(F)(F)F)c1csc(C2CCN(C(=O)c3ccccc3-c3ccc(C(F)(F)F)cc3)CC2)n1. The summed E-state index contributed by atoms with van der Waals surface area (Å²) < 4.78 is 75.7. The van der Waals surface area contributed by atoms with Gasteiger partial charge in [-0.2, -0.15) is 26.3 Å². The van der Waals surface area contributed by atoms with Crippen LogP contribution >= 0.6 is 11.3 Å². The highest BCUT2D eigenvalue weighted by molar-refractivity contribution is 7.09. The van der Waals surface area contributed by atoms with E-state index in [4.69, 9.17) is 0 Å². The highest BCUT2D eigenvalue weighted by atomic mass is 32.1. The predicted octanol–water partition coefficient (Wildman–Crippen LogP) is 6.14. The summed E-state index contributed by atoms with van der Waals surface area (Å²) in [6, 6.07) is 11.4. The number of likely N-dealkylation sites (tertiary alicyclic amines) is 1. The Balaban J connectivity index is 1.41. The van der Waals surface area contributed by atoms with Crippen LogP contribution in [0.1, 0.15) is 50.2 Å². The number of amides is 2. The van der Waals surface area contributed by atoms with E-state index in [1.165, 1.54) is 28.8 Å². The van der Waals surface area contributed by atoms with Crippen molar-refractivity contribution in [2.75, 3.05) is 19.6 Å². The lowest BCUT2D eigenvalue weighted by Crippen LogP contribution is -2.38. The lowest BCUT2D eigenvalue weighted by molar-refractivity contribution is -0.137. The van der Waals surface area contributed by atoms with Crippen LogP contribution in [0.15, 0.2) is 53.9 Å². The van der Waals surface area contributed by atoms with Gasteiger partial charge in [0.1, 0.15) is 12.2 Å². The van der Waals surface area contributed by atoms with Crippen LogP contribution in [0, 0.1) is 0 Å². The zero-order chi connectivity index (χ0) is 26.8. The van der Waals surface area contributed by atoms with Gasteiger partial charge in [-0.25, -0.2) is 4.98 Å². The van der Waals surface area contributed by atoms with E-state index in [9.17, 15) is 35.9 Å². The number of piperidine rings is 1. The van der Waals surface area contributed by atoms with E-state index in [2.05, 4.69) is 4.98 Å². The first-order chi connectivity index (χ1) is 17.4. The predicted molar refractivity (Wildman–Crippen MR) is 125 cm³/mol. The van der Waals surface area contributed by atoms with Gasteiger partial charge in [-0.1, -0.05) is 30.3 Å². The second-order valence-corrected chi connectivity index (χ2v) is 9.45. The van der Waals surface area contributed by atoms with Crippen molar-refractivity contribution in [2.45, 2.75) is 31.1 Å². The number of hydrogen-bond donors (Lipinski definition) is 1. The summed E-state index contributed by atoms with van der Waals surface area (Å²) in [6.45, 7) is -0.660. The quantitative estimate of drug-likeness (QED) is 0.395. The van der Waals surface area contributed by atoms with Gasteiger partial charge in [0.05, 0.1) is 10.6 Å². The molecule has 0 atom stereocenters. The fraction of sp³-hybridized carbons (Fsp3) is 0.320. The Morgan fingerprint density at radius 2 is 1.62 bits per heavy atom. The first kappa shape index (κ1) is 26.6. The molecule has 1 N–H and O–H groups in total. The molecule has 1 aliphatic rings. The monoisotopic (exact) mass is 541 g/mol. The average molecular weight is 542 g/mol. The Hall–Kier alpha value is -3.41. The minimum Gasteiger partial charge on any atom is -0.342 e. The van der Waals surface area contributed by atoms with E-state index in [1.807, 2.05) is 0 Å². The van der Waals surface area contributed by atoms with Crippen molar-refractivity contribution in [3.05, 3.63) is 75.7 Å². The maximum atomic E-state index is 13.3. The number of aromatic nitrogens is 1. The Morgan fingerprint density at radius 3 is 2.24 bits per heavy atom. The number of nitrogens with one attached hydrogen (secondary N) is 1. The minimum absolute atomic E-state index is 0.0524. The summed E-state index contributed by atoms with van der Waals surface area (Å²) in [5.74, 6) is -1.20. The molecular formula is C25H21F6N3O2S. The fourth-order valence-corrected chi connectivity index (χ4v) is 5.08. The van der Waals surface area contributed by atoms with Gasteiger partial charge in [0, 0.05) is 30.0 Å². The van der Waals surface area contributed by atoms with Crippen LogP contribution in [0.4, 0.5) is 26.3 Å². The third kappa shape index (κ3) is 6.48. The van der Waals surface area contributed by atoms with Crippen LogP contribution in [-0.2, 0) is 6.18 Å². The number of alkyl halides is 6. The largest absolute Gasteiger partial charge is 0.416 e. The molecule has 0 bridgehead atoms. The van der Waals surface area contributed by atoms with Crippen molar-refractivity contribution in [3.63, 3.8) is 0 Å². The van der Waals surface area contributed by atoms with Gasteiger partial charge in [-0.15, -0.1) is 11.3 Å². The van der Waals surface area contributed by atoms with Gasteiger partial charge in [-0.05, 0) is 42.2 Å². The third-order valence-electron chi connectivity index (χ3n) is 6.02. The van der Waals surface area contributed by atoms with Crippen LogP contribution in [-0.4, -0.2) is 47.5 Å². The summed E-state index contributed by atoms with van der Waals surface area (Å²) in [4.78, 5) is 31.1. The number of halogens is 6. The molecule has 1 saturated heterocycles. The highest BCUT2D eigenvalue weighted by Crippen LogP contribution is 2.34. The molecule has 1 aliphatic heterocycles. The van der Waals surface area contributed by atoms with Crippen molar-refractivity contribution in [2.24, 2.45) is 0 Å². The smallest absolute Gasteiger partial charge is 0.342 e. The molecule has 4 rings (SSSR count). The Labute approximate surface area is 212 Å².